The second-order valence-electron chi connectivity index (χ2n) is 27.0. The molecule has 1 fully saturated rings. The third-order valence-electron chi connectivity index (χ3n) is 17.1. The molecule has 5 aromatic heterocycles. The minimum atomic E-state index is -0.844. The molecule has 1 aliphatic rings. The van der Waals surface area contributed by atoms with Crippen molar-refractivity contribution in [2.24, 2.45) is 68.8 Å². The highest BCUT2D eigenvalue weighted by molar-refractivity contribution is 9.10. The van der Waals surface area contributed by atoms with Crippen LogP contribution in [0, 0.1) is 25.5 Å². The van der Waals surface area contributed by atoms with Gasteiger partial charge in [-0.25, -0.2) is 8.78 Å². The highest BCUT2D eigenvalue weighted by Crippen LogP contribution is 2.25. The molecular formula is C99H130BrCl5F2N18. The first-order valence-electron chi connectivity index (χ1n) is 41.1. The van der Waals surface area contributed by atoms with Crippen molar-refractivity contribution in [3.8, 4) is 0 Å². The van der Waals surface area contributed by atoms with Crippen LogP contribution in [0.4, 0.5) is 8.78 Å². The maximum absolute atomic E-state index is 12.3. The summed E-state index contributed by atoms with van der Waals surface area (Å²) < 4.78 is 25.7. The van der Waals surface area contributed by atoms with Gasteiger partial charge in [-0.15, -0.1) is 0 Å². The first kappa shape index (κ1) is 114. The van der Waals surface area contributed by atoms with Crippen LogP contribution in [0.2, 0.25) is 25.1 Å². The lowest BCUT2D eigenvalue weighted by molar-refractivity contribution is 0.507. The van der Waals surface area contributed by atoms with Gasteiger partial charge in [0.15, 0.2) is 11.6 Å². The number of aryl methyl sites for hydroxylation is 3. The summed E-state index contributed by atoms with van der Waals surface area (Å²) in [6.45, 7) is 17.1. The van der Waals surface area contributed by atoms with E-state index in [0.29, 0.717) is 84.6 Å². The predicted molar refractivity (Wildman–Crippen MR) is 530 cm³/mol. The normalized spacial score (nSPS) is 10.5. The lowest BCUT2D eigenvalue weighted by Gasteiger charge is -2.08. The van der Waals surface area contributed by atoms with Gasteiger partial charge in [-0.2, -0.15) is 0 Å². The summed E-state index contributed by atoms with van der Waals surface area (Å²) in [6, 6.07) is 80.3. The average Bonchev–Trinajstić information content (AvgIpc) is 1.12. The van der Waals surface area contributed by atoms with Crippen LogP contribution < -0.4 is 74.1 Å². The van der Waals surface area contributed by atoms with Crippen LogP contribution in [0.15, 0.2) is 309 Å². The van der Waals surface area contributed by atoms with Crippen LogP contribution >= 0.6 is 73.9 Å². The monoisotopic (exact) mass is 1860 g/mol. The summed E-state index contributed by atoms with van der Waals surface area (Å²) in [6.07, 6.45) is 22.8. The molecule has 0 bridgehead atoms. The zero-order valence-corrected chi connectivity index (χ0v) is 77.8. The van der Waals surface area contributed by atoms with Crippen molar-refractivity contribution < 1.29 is 8.78 Å². The van der Waals surface area contributed by atoms with Gasteiger partial charge in [-0.05, 0) is 268 Å². The van der Waals surface area contributed by atoms with Crippen molar-refractivity contribution in [3.05, 3.63) is 429 Å². The number of hydrogen-bond acceptors (Lipinski definition) is 18. The summed E-state index contributed by atoms with van der Waals surface area (Å²) in [5.74, 6) is -1.68. The predicted octanol–water partition coefficient (Wildman–Crippen LogP) is 19.4. The number of hydrogen-bond donors (Lipinski definition) is 13. The number of aromatic nitrogens is 5. The standard InChI is InChI=1S/C8H10BrN.C8H9Cl2N.C8H8Cl2.3C8H11N.C7H8ClN.C7H7F2N.2C7H10N2.3C6H8N2.C5H11N/c9-8-3-1-7(2-4-8)5-6-10;9-7-2-1-3-8(10)6(7)4-5-11;1-2-6-3-4-7(9)8(10)5-6;1-7-2-4-8(6-9)5-3-7;1-7-4-2-3-5-8(7)6-9;1-7(9)8-5-3-2-4-6-8;8-7-4-2-1-3-6(7)5-9;8-6-2-1-5(4-10)3-7(6)9;8-4-3-7-2-1-5-9-6-7;8-5-4-7-3-1-2-6-9-7;7-5-6-1-3-8-4-2-6;7-4-6-2-1-3-8-5-6;7-5-6-3-1-2-4-8-6;1-2-4-6-5-3-1/h1-4H,5-6,10H2;1-3H,4-5,11H2;3-5H,2H2,1H3;2*2-5H,6,9H2,1H3;2-7H,9H2,1H3;1-4H,5,9H2;1-3H,4,10H2;1-2,5-6H,3-4,8H2;1-3,6H,4-5,8H2;1-4H,5,7H2;1-3,5H,4,7H2;1-4H,5,7H2;6H,1-5H2. The number of halogens is 8. The maximum atomic E-state index is 12.3. The van der Waals surface area contributed by atoms with Gasteiger partial charge < -0.3 is 74.1 Å². The van der Waals surface area contributed by atoms with Gasteiger partial charge in [0.1, 0.15) is 0 Å². The molecule has 0 amide bonds. The second-order valence-corrected chi connectivity index (χ2v) is 29.9. The fourth-order valence-electron chi connectivity index (χ4n) is 9.91. The maximum Gasteiger partial charge on any atom is 0.159 e. The van der Waals surface area contributed by atoms with Gasteiger partial charge in [0.25, 0.3) is 0 Å². The Morgan fingerprint density at radius 2 is 0.840 bits per heavy atom. The Morgan fingerprint density at radius 3 is 1.24 bits per heavy atom. The third kappa shape index (κ3) is 57.9. The molecule has 1 unspecified atom stereocenters. The number of nitrogens with one attached hydrogen (secondary N) is 1. The summed E-state index contributed by atoms with van der Waals surface area (Å²) in [5.41, 5.74) is 81.0. The Kier molecular flexibility index (Phi) is 69.2. The van der Waals surface area contributed by atoms with E-state index < -0.39 is 11.6 Å². The summed E-state index contributed by atoms with van der Waals surface area (Å²) in [7, 11) is 0. The van der Waals surface area contributed by atoms with Gasteiger partial charge in [0.05, 0.1) is 15.7 Å². The van der Waals surface area contributed by atoms with Gasteiger partial charge in [0, 0.05) is 133 Å². The van der Waals surface area contributed by atoms with Crippen LogP contribution in [-0.4, -0.2) is 64.2 Å². The molecule has 6 heterocycles. The number of nitrogens with zero attached hydrogens (tertiary/aromatic N) is 5. The van der Waals surface area contributed by atoms with E-state index in [1.807, 2.05) is 201 Å². The van der Waals surface area contributed by atoms with Crippen LogP contribution in [-0.2, 0) is 77.9 Å². The van der Waals surface area contributed by atoms with E-state index in [1.165, 1.54) is 82.9 Å². The third-order valence-corrected chi connectivity index (χ3v) is 19.5. The molecule has 125 heavy (non-hydrogen) atoms. The van der Waals surface area contributed by atoms with E-state index in [9.17, 15) is 8.78 Å². The summed E-state index contributed by atoms with van der Waals surface area (Å²) in [4.78, 5) is 19.7. The second kappa shape index (κ2) is 76.1. The lowest BCUT2D eigenvalue weighted by atomic mass is 10.1. The van der Waals surface area contributed by atoms with E-state index in [2.05, 4.69) is 115 Å². The molecule has 25 N–H and O–H groups in total. The molecule has 0 aliphatic carbocycles. The zero-order chi connectivity index (χ0) is 92.3. The molecule has 0 radical (unpaired) electrons. The van der Waals surface area contributed by atoms with Crippen molar-refractivity contribution in [1.29, 1.82) is 0 Å². The van der Waals surface area contributed by atoms with Crippen LogP contribution in [0.1, 0.15) is 123 Å². The highest BCUT2D eigenvalue weighted by Gasteiger charge is 2.04. The van der Waals surface area contributed by atoms with Crippen LogP contribution in [0.3, 0.4) is 0 Å². The number of pyridine rings is 5. The van der Waals surface area contributed by atoms with Crippen molar-refractivity contribution in [2.75, 3.05) is 39.3 Å². The minimum absolute atomic E-state index is 0.159. The Labute approximate surface area is 775 Å². The van der Waals surface area contributed by atoms with Crippen LogP contribution in [0.25, 0.3) is 0 Å². The lowest BCUT2D eigenvalue weighted by Crippen LogP contribution is -2.21. The van der Waals surface area contributed by atoms with Crippen molar-refractivity contribution >= 4 is 73.9 Å². The fraction of sp³-hybridized carbons (Fsp3) is 0.263. The van der Waals surface area contributed by atoms with E-state index in [-0.39, 0.29) is 12.6 Å². The Bertz CT molecular complexity index is 4440. The molecule has 1 saturated heterocycles. The van der Waals surface area contributed by atoms with Crippen molar-refractivity contribution in [1.82, 2.24) is 30.2 Å². The zero-order valence-electron chi connectivity index (χ0n) is 72.5. The number of piperidine rings is 1. The molecule has 1 aliphatic heterocycles. The Hall–Kier alpha value is -9.22. The molecule has 8 aromatic carbocycles. The van der Waals surface area contributed by atoms with Crippen molar-refractivity contribution in [3.63, 3.8) is 0 Å². The fourth-order valence-corrected chi connectivity index (χ4v) is 11.3. The smallest absolute Gasteiger partial charge is 0.159 e. The summed E-state index contributed by atoms with van der Waals surface area (Å²) in [5, 5.41) is 6.69. The van der Waals surface area contributed by atoms with E-state index in [1.54, 1.807) is 43.4 Å². The largest absolute Gasteiger partial charge is 0.330 e. The van der Waals surface area contributed by atoms with E-state index >= 15 is 0 Å². The van der Waals surface area contributed by atoms with Gasteiger partial charge in [-0.3, -0.25) is 24.9 Å². The Morgan fingerprint density at radius 1 is 0.360 bits per heavy atom. The van der Waals surface area contributed by atoms with Crippen molar-refractivity contribution in [2.45, 2.75) is 131 Å². The van der Waals surface area contributed by atoms with Crippen LogP contribution in [0.5, 0.6) is 0 Å². The Balaban J connectivity index is 0.000000674. The molecule has 0 saturated carbocycles. The minimum Gasteiger partial charge on any atom is -0.330 e. The number of nitrogens with two attached hydrogens (primary N) is 12. The molecule has 18 nitrogen and oxygen atoms in total. The van der Waals surface area contributed by atoms with E-state index in [0.717, 1.165) is 93.9 Å². The van der Waals surface area contributed by atoms with Gasteiger partial charge in [-0.1, -0.05) is 245 Å². The topological polar surface area (TPSA) is 389 Å². The first-order chi connectivity index (χ1) is 60.5. The van der Waals surface area contributed by atoms with Gasteiger partial charge >= 0.3 is 0 Å². The molecule has 13 aromatic rings. The van der Waals surface area contributed by atoms with Gasteiger partial charge in [0.2, 0.25) is 0 Å². The molecule has 26 heteroatoms. The average molecular weight is 1870 g/mol. The number of benzene rings is 8. The molecular weight excluding hydrogens is 1740 g/mol. The quantitative estimate of drug-likeness (QED) is 0.0403. The number of rotatable bonds is 17. The summed E-state index contributed by atoms with van der Waals surface area (Å²) >= 11 is 32.3. The van der Waals surface area contributed by atoms with E-state index in [4.69, 9.17) is 127 Å². The molecule has 672 valence electrons. The molecule has 1 atom stereocenters. The molecule has 0 spiro atoms. The highest BCUT2D eigenvalue weighted by atomic mass is 79.9. The molecule has 14 rings (SSSR count). The first-order valence-corrected chi connectivity index (χ1v) is 43.8. The SMILES string of the molecule is C1CCNCC1.CC(N)c1ccccc1.CCc1ccc(Cl)c(Cl)c1.Cc1ccc(CN)cc1.Cc1ccccc1CN.NCCc1c(Cl)cccc1Cl.NCCc1ccc(Br)cc1.NCCc1ccccn1.NCCc1cccnc1.NCc1ccc(F)c(F)c1.NCc1ccccc1Cl.NCc1ccccn1.NCc1cccnc1.NCc1ccncc1.